The molecule has 1 fully saturated rings. The molecule has 1 heterocycles. The number of carbonyl (C=O) groups is 2. The van der Waals surface area contributed by atoms with Crippen molar-refractivity contribution in [2.45, 2.75) is 51.4 Å². The molecule has 5 heteroatoms. The van der Waals surface area contributed by atoms with Crippen molar-refractivity contribution >= 4 is 11.9 Å². The van der Waals surface area contributed by atoms with Crippen LogP contribution in [0.3, 0.4) is 0 Å². The molecule has 1 aromatic rings. The maximum absolute atomic E-state index is 12.2. The minimum atomic E-state index is -1.00. The van der Waals surface area contributed by atoms with E-state index in [2.05, 4.69) is 5.32 Å². The van der Waals surface area contributed by atoms with E-state index in [-0.39, 0.29) is 11.9 Å². The number of benzene rings is 1. The number of hydrogen-bond donors (Lipinski definition) is 2. The molecule has 2 rings (SSSR count). The average Bonchev–Trinajstić information content (AvgIpc) is 2.96. The predicted octanol–water partition coefficient (Wildman–Crippen LogP) is 2.19. The third kappa shape index (κ3) is 3.82. The number of carboxylic acids is 1. The van der Waals surface area contributed by atoms with E-state index in [1.165, 1.54) is 5.56 Å². The van der Waals surface area contributed by atoms with Gasteiger partial charge in [-0.15, -0.1) is 0 Å². The van der Waals surface area contributed by atoms with E-state index in [1.54, 1.807) is 0 Å². The summed E-state index contributed by atoms with van der Waals surface area (Å²) in [7, 11) is 0. The molecule has 0 radical (unpaired) electrons. The molecule has 5 nitrogen and oxygen atoms in total. The van der Waals surface area contributed by atoms with E-state index in [0.29, 0.717) is 12.8 Å². The number of aryl methyl sites for hydroxylation is 1. The quantitative estimate of drug-likeness (QED) is 0.872. The van der Waals surface area contributed by atoms with Gasteiger partial charge in [0, 0.05) is 0 Å². The van der Waals surface area contributed by atoms with Gasteiger partial charge in [0.1, 0.15) is 6.10 Å². The zero-order valence-corrected chi connectivity index (χ0v) is 12.3. The van der Waals surface area contributed by atoms with Crippen molar-refractivity contribution in [3.8, 4) is 0 Å². The Morgan fingerprint density at radius 2 is 1.90 bits per heavy atom. The number of carbonyl (C=O) groups excluding carboxylic acids is 1. The van der Waals surface area contributed by atoms with Crippen LogP contribution >= 0.6 is 0 Å². The van der Waals surface area contributed by atoms with E-state index in [4.69, 9.17) is 9.84 Å². The van der Waals surface area contributed by atoms with Gasteiger partial charge in [-0.05, 0) is 31.7 Å². The number of nitrogens with one attached hydrogen (secondary N) is 1. The van der Waals surface area contributed by atoms with Gasteiger partial charge in [0.15, 0.2) is 6.10 Å². The average molecular weight is 291 g/mol. The van der Waals surface area contributed by atoms with Crippen molar-refractivity contribution in [2.24, 2.45) is 0 Å². The molecule has 1 saturated heterocycles. The maximum atomic E-state index is 12.2. The third-order valence-electron chi connectivity index (χ3n) is 3.79. The van der Waals surface area contributed by atoms with Gasteiger partial charge in [-0.1, -0.05) is 36.8 Å². The summed E-state index contributed by atoms with van der Waals surface area (Å²) < 4.78 is 5.27. The molecule has 1 aliphatic heterocycles. The molecular weight excluding hydrogens is 270 g/mol. The molecule has 0 bridgehead atoms. The number of hydrogen-bond acceptors (Lipinski definition) is 3. The van der Waals surface area contributed by atoms with Crippen LogP contribution < -0.4 is 5.32 Å². The second kappa shape index (κ2) is 6.72. The predicted molar refractivity (Wildman–Crippen MR) is 77.9 cm³/mol. The van der Waals surface area contributed by atoms with Gasteiger partial charge in [-0.3, -0.25) is 4.79 Å². The molecule has 1 amide bonds. The maximum Gasteiger partial charge on any atom is 0.332 e. The molecule has 3 atom stereocenters. The second-order valence-electron chi connectivity index (χ2n) is 5.41. The van der Waals surface area contributed by atoms with E-state index in [9.17, 15) is 9.59 Å². The van der Waals surface area contributed by atoms with Crippen molar-refractivity contribution in [2.75, 3.05) is 0 Å². The first kappa shape index (κ1) is 15.5. The highest BCUT2D eigenvalue weighted by Gasteiger charge is 2.35. The van der Waals surface area contributed by atoms with Gasteiger partial charge in [0.2, 0.25) is 5.91 Å². The van der Waals surface area contributed by atoms with Crippen LogP contribution in [0.5, 0.6) is 0 Å². The molecule has 0 aromatic heterocycles. The molecule has 0 spiro atoms. The van der Waals surface area contributed by atoms with Crippen LogP contribution in [0.15, 0.2) is 24.3 Å². The molecule has 114 valence electrons. The van der Waals surface area contributed by atoms with Crippen LogP contribution in [0.1, 0.15) is 43.4 Å². The van der Waals surface area contributed by atoms with E-state index in [1.807, 2.05) is 38.1 Å². The van der Waals surface area contributed by atoms with Crippen LogP contribution in [0.2, 0.25) is 0 Å². The van der Waals surface area contributed by atoms with E-state index < -0.39 is 18.2 Å². The largest absolute Gasteiger partial charge is 0.479 e. The summed E-state index contributed by atoms with van der Waals surface area (Å²) in [5.41, 5.74) is 2.22. The number of carboxylic acid groups (broad SMARTS) is 1. The monoisotopic (exact) mass is 291 g/mol. The fourth-order valence-corrected chi connectivity index (χ4v) is 2.50. The van der Waals surface area contributed by atoms with Crippen molar-refractivity contribution in [1.29, 1.82) is 0 Å². The van der Waals surface area contributed by atoms with Gasteiger partial charge in [0.05, 0.1) is 6.04 Å². The second-order valence-corrected chi connectivity index (χ2v) is 5.41. The molecule has 1 aromatic carbocycles. The highest BCUT2D eigenvalue weighted by molar-refractivity contribution is 5.83. The topological polar surface area (TPSA) is 75.6 Å². The highest BCUT2D eigenvalue weighted by atomic mass is 16.5. The summed E-state index contributed by atoms with van der Waals surface area (Å²) in [6.45, 7) is 4.02. The van der Waals surface area contributed by atoms with Gasteiger partial charge in [0.25, 0.3) is 0 Å². The Morgan fingerprint density at radius 1 is 1.29 bits per heavy atom. The Kier molecular flexibility index (Phi) is 4.96. The first-order chi connectivity index (χ1) is 10.0. The first-order valence-corrected chi connectivity index (χ1v) is 7.26. The zero-order chi connectivity index (χ0) is 15.4. The van der Waals surface area contributed by atoms with Crippen molar-refractivity contribution in [3.63, 3.8) is 0 Å². The minimum Gasteiger partial charge on any atom is -0.479 e. The molecule has 1 aliphatic rings. The Balaban J connectivity index is 1.97. The number of ether oxygens (including phenoxy) is 1. The van der Waals surface area contributed by atoms with Gasteiger partial charge < -0.3 is 15.2 Å². The van der Waals surface area contributed by atoms with Crippen LogP contribution in [0.4, 0.5) is 0 Å². The van der Waals surface area contributed by atoms with Crippen molar-refractivity contribution in [1.82, 2.24) is 5.32 Å². The minimum absolute atomic E-state index is 0.0782. The summed E-state index contributed by atoms with van der Waals surface area (Å²) in [4.78, 5) is 23.0. The number of aliphatic carboxylic acids is 1. The fraction of sp³-hybridized carbons (Fsp3) is 0.500. The summed E-state index contributed by atoms with van der Waals surface area (Å²) >= 11 is 0. The smallest absolute Gasteiger partial charge is 0.332 e. The Hall–Kier alpha value is -1.88. The Bertz CT molecular complexity index is 512. The highest BCUT2D eigenvalue weighted by Crippen LogP contribution is 2.22. The lowest BCUT2D eigenvalue weighted by Gasteiger charge is -2.20. The van der Waals surface area contributed by atoms with Crippen LogP contribution in [-0.4, -0.2) is 29.2 Å². The fourth-order valence-electron chi connectivity index (χ4n) is 2.50. The van der Waals surface area contributed by atoms with Gasteiger partial charge in [-0.2, -0.15) is 0 Å². The lowest BCUT2D eigenvalue weighted by molar-refractivity contribution is -0.151. The molecule has 0 aliphatic carbocycles. The summed E-state index contributed by atoms with van der Waals surface area (Å²) in [5, 5.41) is 11.8. The molecular formula is C16H21NO4. The van der Waals surface area contributed by atoms with Crippen LogP contribution in [0.25, 0.3) is 0 Å². The van der Waals surface area contributed by atoms with Crippen LogP contribution in [0, 0.1) is 6.92 Å². The van der Waals surface area contributed by atoms with Crippen LogP contribution in [-0.2, 0) is 14.3 Å². The molecule has 21 heavy (non-hydrogen) atoms. The number of amides is 1. The molecule has 1 unspecified atom stereocenters. The lowest BCUT2D eigenvalue weighted by Crippen LogP contribution is -2.37. The van der Waals surface area contributed by atoms with Crippen molar-refractivity contribution < 1.29 is 19.4 Å². The molecule has 2 N–H and O–H groups in total. The molecule has 0 saturated carbocycles. The summed E-state index contributed by atoms with van der Waals surface area (Å²) in [6, 6.07) is 7.94. The number of rotatable bonds is 5. The Labute approximate surface area is 124 Å². The van der Waals surface area contributed by atoms with E-state index >= 15 is 0 Å². The third-order valence-corrected chi connectivity index (χ3v) is 3.79. The zero-order valence-electron chi connectivity index (χ0n) is 12.3. The normalized spacial score (nSPS) is 22.8. The summed E-state index contributed by atoms with van der Waals surface area (Å²) in [5.74, 6) is -1.23. The lowest BCUT2D eigenvalue weighted by atomic mass is 10.0. The standard InChI is InChI=1S/C16H21NO4/c1-3-12(11-6-4-10(2)5-7-11)17-15(18)13-8-9-14(21-13)16(19)20/h4-7,12-14H,3,8-9H2,1-2H3,(H,17,18)(H,19,20)/t12?,13-,14+/m0/s1. The summed E-state index contributed by atoms with van der Waals surface area (Å²) in [6.07, 6.45) is 0.0805. The van der Waals surface area contributed by atoms with E-state index in [0.717, 1.165) is 12.0 Å². The van der Waals surface area contributed by atoms with Crippen molar-refractivity contribution in [3.05, 3.63) is 35.4 Å². The SMILES string of the molecule is CCC(NC(=O)[C@@H]1CC[C@H](C(=O)O)O1)c1ccc(C)cc1. The van der Waals surface area contributed by atoms with Gasteiger partial charge >= 0.3 is 5.97 Å². The Morgan fingerprint density at radius 3 is 2.43 bits per heavy atom. The van der Waals surface area contributed by atoms with Gasteiger partial charge in [-0.25, -0.2) is 4.79 Å². The first-order valence-electron chi connectivity index (χ1n) is 7.26.